The lowest BCUT2D eigenvalue weighted by molar-refractivity contribution is -0.137. The molecule has 0 saturated carbocycles. The van der Waals surface area contributed by atoms with Crippen LogP contribution >= 0.6 is 0 Å². The first-order valence-corrected chi connectivity index (χ1v) is 7.56. The average Bonchev–Trinajstić information content (AvgIpc) is 2.55. The molecule has 130 valence electrons. The molecule has 0 heterocycles. The van der Waals surface area contributed by atoms with Crippen molar-refractivity contribution in [1.82, 2.24) is 5.32 Å². The number of rotatable bonds is 10. The average molecular weight is 334 g/mol. The zero-order chi connectivity index (χ0) is 17.8. The van der Waals surface area contributed by atoms with E-state index in [1.807, 2.05) is 30.3 Å². The van der Waals surface area contributed by atoms with Crippen LogP contribution in [0.5, 0.6) is 0 Å². The summed E-state index contributed by atoms with van der Waals surface area (Å²) in [5.74, 6) is -1.67. The fraction of sp³-hybridized carbons (Fsp3) is 0.353. The SMILES string of the molecule is CCOC(=O)/C=C/C[C@H](NC(=O)COCc1ccccc1)C(N)=O. The molecule has 0 aromatic heterocycles. The Labute approximate surface area is 140 Å². The Kier molecular flexibility index (Phi) is 8.85. The Hall–Kier alpha value is -2.67. The van der Waals surface area contributed by atoms with Crippen LogP contribution in [0.25, 0.3) is 0 Å². The van der Waals surface area contributed by atoms with Crippen LogP contribution in [0.3, 0.4) is 0 Å². The van der Waals surface area contributed by atoms with Gasteiger partial charge in [-0.05, 0) is 18.9 Å². The quantitative estimate of drug-likeness (QED) is 0.483. The minimum atomic E-state index is -0.913. The Morgan fingerprint density at radius 1 is 1.25 bits per heavy atom. The summed E-state index contributed by atoms with van der Waals surface area (Å²) in [5, 5.41) is 2.47. The molecule has 0 aliphatic heterocycles. The number of primary amides is 1. The van der Waals surface area contributed by atoms with Crippen molar-refractivity contribution in [3.8, 4) is 0 Å². The molecule has 1 rings (SSSR count). The standard InChI is InChI=1S/C17H22N2O5/c1-2-24-16(21)10-6-9-14(17(18)22)19-15(20)12-23-11-13-7-4-3-5-8-13/h3-8,10,14H,2,9,11-12H2,1H3,(H2,18,22)(H,19,20)/b10-6+/t14-/m0/s1. The number of carbonyl (C=O) groups excluding carboxylic acids is 3. The van der Waals surface area contributed by atoms with E-state index >= 15 is 0 Å². The van der Waals surface area contributed by atoms with Crippen LogP contribution in [0.1, 0.15) is 18.9 Å². The number of hydrogen-bond donors (Lipinski definition) is 2. The zero-order valence-corrected chi connectivity index (χ0v) is 13.6. The molecule has 24 heavy (non-hydrogen) atoms. The van der Waals surface area contributed by atoms with E-state index in [-0.39, 0.29) is 26.2 Å². The number of benzene rings is 1. The van der Waals surface area contributed by atoms with E-state index in [9.17, 15) is 14.4 Å². The molecular formula is C17H22N2O5. The van der Waals surface area contributed by atoms with Crippen LogP contribution in [-0.2, 0) is 30.5 Å². The molecule has 0 bridgehead atoms. The number of ether oxygens (including phenoxy) is 2. The molecule has 0 fully saturated rings. The highest BCUT2D eigenvalue weighted by Crippen LogP contribution is 2.00. The van der Waals surface area contributed by atoms with E-state index in [1.54, 1.807) is 6.92 Å². The number of carbonyl (C=O) groups is 3. The van der Waals surface area contributed by atoms with Crippen LogP contribution in [0.2, 0.25) is 0 Å². The smallest absolute Gasteiger partial charge is 0.330 e. The molecule has 0 aliphatic rings. The molecule has 0 aliphatic carbocycles. The van der Waals surface area contributed by atoms with Crippen molar-refractivity contribution in [2.75, 3.05) is 13.2 Å². The second-order valence-electron chi connectivity index (χ2n) is 4.89. The molecule has 1 aromatic rings. The van der Waals surface area contributed by atoms with Crippen LogP contribution in [0.15, 0.2) is 42.5 Å². The van der Waals surface area contributed by atoms with E-state index in [4.69, 9.17) is 15.2 Å². The Bertz CT molecular complexity index is 572. The molecule has 0 spiro atoms. The second kappa shape index (κ2) is 11.0. The van der Waals surface area contributed by atoms with Gasteiger partial charge in [0, 0.05) is 6.08 Å². The Morgan fingerprint density at radius 2 is 1.96 bits per heavy atom. The molecule has 2 amide bonds. The molecule has 0 saturated heterocycles. The highest BCUT2D eigenvalue weighted by molar-refractivity contribution is 5.87. The lowest BCUT2D eigenvalue weighted by Crippen LogP contribution is -2.45. The van der Waals surface area contributed by atoms with Gasteiger partial charge in [0.25, 0.3) is 0 Å². The molecule has 3 N–H and O–H groups in total. The van der Waals surface area contributed by atoms with Crippen LogP contribution in [0, 0.1) is 0 Å². The van der Waals surface area contributed by atoms with Crippen LogP contribution < -0.4 is 11.1 Å². The van der Waals surface area contributed by atoms with Gasteiger partial charge in [0.15, 0.2) is 0 Å². The van der Waals surface area contributed by atoms with Gasteiger partial charge in [-0.15, -0.1) is 0 Å². The summed E-state index contributed by atoms with van der Waals surface area (Å²) in [5.41, 5.74) is 6.17. The van der Waals surface area contributed by atoms with Crippen molar-refractivity contribution in [1.29, 1.82) is 0 Å². The summed E-state index contributed by atoms with van der Waals surface area (Å²) in [7, 11) is 0. The van der Waals surface area contributed by atoms with Crippen molar-refractivity contribution < 1.29 is 23.9 Å². The van der Waals surface area contributed by atoms with Crippen LogP contribution in [0.4, 0.5) is 0 Å². The molecule has 7 heteroatoms. The van der Waals surface area contributed by atoms with Gasteiger partial charge in [-0.2, -0.15) is 0 Å². The van der Waals surface area contributed by atoms with Crippen molar-refractivity contribution in [3.05, 3.63) is 48.0 Å². The summed E-state index contributed by atoms with van der Waals surface area (Å²) in [6.45, 7) is 2.05. The Balaban J connectivity index is 2.37. The maximum absolute atomic E-state index is 11.8. The van der Waals surface area contributed by atoms with Crippen molar-refractivity contribution in [2.45, 2.75) is 26.0 Å². The van der Waals surface area contributed by atoms with Crippen molar-refractivity contribution in [3.63, 3.8) is 0 Å². The number of amides is 2. The van der Waals surface area contributed by atoms with Gasteiger partial charge < -0.3 is 20.5 Å². The van der Waals surface area contributed by atoms with Gasteiger partial charge in [0.2, 0.25) is 11.8 Å². The van der Waals surface area contributed by atoms with E-state index in [2.05, 4.69) is 5.32 Å². The molecular weight excluding hydrogens is 312 g/mol. The predicted molar refractivity (Wildman–Crippen MR) is 87.6 cm³/mol. The molecule has 1 aromatic carbocycles. The highest BCUT2D eigenvalue weighted by Gasteiger charge is 2.16. The number of hydrogen-bond acceptors (Lipinski definition) is 5. The summed E-state index contributed by atoms with van der Waals surface area (Å²) in [6, 6.07) is 8.48. The van der Waals surface area contributed by atoms with Crippen molar-refractivity contribution >= 4 is 17.8 Å². The minimum absolute atomic E-state index is 0.0958. The van der Waals surface area contributed by atoms with Gasteiger partial charge in [0.05, 0.1) is 13.2 Å². The summed E-state index contributed by atoms with van der Waals surface area (Å²) >= 11 is 0. The van der Waals surface area contributed by atoms with E-state index in [0.29, 0.717) is 0 Å². The number of esters is 1. The van der Waals surface area contributed by atoms with Gasteiger partial charge >= 0.3 is 5.97 Å². The fourth-order valence-corrected chi connectivity index (χ4v) is 1.81. The first-order valence-electron chi connectivity index (χ1n) is 7.56. The summed E-state index contributed by atoms with van der Waals surface area (Å²) in [6.07, 6.45) is 2.72. The third kappa shape index (κ3) is 8.09. The minimum Gasteiger partial charge on any atom is -0.463 e. The van der Waals surface area contributed by atoms with E-state index in [0.717, 1.165) is 5.56 Å². The second-order valence-corrected chi connectivity index (χ2v) is 4.89. The molecule has 0 unspecified atom stereocenters. The van der Waals surface area contributed by atoms with Crippen LogP contribution in [-0.4, -0.2) is 37.0 Å². The molecule has 1 atom stereocenters. The van der Waals surface area contributed by atoms with E-state index < -0.39 is 23.8 Å². The summed E-state index contributed by atoms with van der Waals surface area (Å²) < 4.78 is 9.99. The third-order valence-corrected chi connectivity index (χ3v) is 2.94. The van der Waals surface area contributed by atoms with Gasteiger partial charge in [0.1, 0.15) is 12.6 Å². The lowest BCUT2D eigenvalue weighted by Gasteiger charge is -2.13. The first kappa shape index (κ1) is 19.4. The monoisotopic (exact) mass is 334 g/mol. The molecule has 7 nitrogen and oxygen atoms in total. The predicted octanol–water partition coefficient (Wildman–Crippen LogP) is 0.683. The normalized spacial score (nSPS) is 11.9. The topological polar surface area (TPSA) is 108 Å². The summed E-state index contributed by atoms with van der Waals surface area (Å²) in [4.78, 5) is 34.3. The number of nitrogens with two attached hydrogens (primary N) is 1. The van der Waals surface area contributed by atoms with E-state index in [1.165, 1.54) is 12.2 Å². The molecule has 0 radical (unpaired) electrons. The van der Waals surface area contributed by atoms with Gasteiger partial charge in [-0.3, -0.25) is 9.59 Å². The maximum atomic E-state index is 11.8. The fourth-order valence-electron chi connectivity index (χ4n) is 1.81. The maximum Gasteiger partial charge on any atom is 0.330 e. The van der Waals surface area contributed by atoms with Crippen molar-refractivity contribution in [2.24, 2.45) is 5.73 Å². The zero-order valence-electron chi connectivity index (χ0n) is 13.6. The largest absolute Gasteiger partial charge is 0.463 e. The lowest BCUT2D eigenvalue weighted by atomic mass is 10.2. The Morgan fingerprint density at radius 3 is 2.58 bits per heavy atom. The third-order valence-electron chi connectivity index (χ3n) is 2.94. The van der Waals surface area contributed by atoms with Gasteiger partial charge in [-0.1, -0.05) is 36.4 Å². The highest BCUT2D eigenvalue weighted by atomic mass is 16.5. The van der Waals surface area contributed by atoms with Gasteiger partial charge in [-0.25, -0.2) is 4.79 Å². The number of nitrogens with one attached hydrogen (secondary N) is 1. The first-order chi connectivity index (χ1) is 11.5.